The summed E-state index contributed by atoms with van der Waals surface area (Å²) in [7, 11) is 0. The van der Waals surface area contributed by atoms with E-state index < -0.39 is 23.6 Å². The van der Waals surface area contributed by atoms with Crippen molar-refractivity contribution in [2.75, 3.05) is 13.1 Å². The van der Waals surface area contributed by atoms with Crippen LogP contribution in [0.3, 0.4) is 0 Å². The van der Waals surface area contributed by atoms with Crippen molar-refractivity contribution in [2.45, 2.75) is 25.2 Å². The van der Waals surface area contributed by atoms with E-state index in [2.05, 4.69) is 4.98 Å². The molecule has 0 radical (unpaired) electrons. The summed E-state index contributed by atoms with van der Waals surface area (Å²) in [6.45, 7) is 0.374. The molecule has 1 atom stereocenters. The summed E-state index contributed by atoms with van der Waals surface area (Å²) in [5.41, 5.74) is 0.0641. The van der Waals surface area contributed by atoms with E-state index in [0.717, 1.165) is 18.3 Å². The number of carbonyl (C=O) groups is 1. The number of pyridine rings is 1. The Morgan fingerprint density at radius 2 is 2.07 bits per heavy atom. The summed E-state index contributed by atoms with van der Waals surface area (Å²) in [4.78, 5) is 29.9. The van der Waals surface area contributed by atoms with Gasteiger partial charge in [-0.05, 0) is 18.2 Å². The molecule has 1 aliphatic rings. The summed E-state index contributed by atoms with van der Waals surface area (Å²) in [5, 5.41) is 0. The second-order valence-corrected chi connectivity index (χ2v) is 6.67. The molecule has 1 saturated heterocycles. The zero-order valence-corrected chi connectivity index (χ0v) is 15.1. The van der Waals surface area contributed by atoms with Gasteiger partial charge < -0.3 is 14.1 Å². The predicted octanol–water partition coefficient (Wildman–Crippen LogP) is 2.69. The first kappa shape index (κ1) is 19.0. The minimum atomic E-state index is -4.49. The van der Waals surface area contributed by atoms with Gasteiger partial charge in [-0.15, -0.1) is 0 Å². The van der Waals surface area contributed by atoms with Gasteiger partial charge in [0.15, 0.2) is 5.58 Å². The van der Waals surface area contributed by atoms with Gasteiger partial charge in [-0.1, -0.05) is 12.1 Å². The normalized spacial score (nSPS) is 17.1. The lowest BCUT2D eigenvalue weighted by Crippen LogP contribution is -2.35. The molecular weight excluding hydrogens is 391 g/mol. The standard InChI is InChI=1S/C19H16F3N3O4/c20-19(21,22)12-5-7-23-16(9-12)28-13-6-8-24(10-13)17(26)11-25-14-3-1-2-4-15(14)29-18(25)27/h1-5,7,9,13H,6,8,10-11H2/t13-/m0/s1. The average molecular weight is 407 g/mol. The van der Waals surface area contributed by atoms with Crippen LogP contribution in [-0.2, 0) is 17.5 Å². The molecule has 1 aromatic carbocycles. The SMILES string of the molecule is O=C(Cn1c(=O)oc2ccccc21)N1CC[C@H](Oc2cc(C(F)(F)F)ccn2)C1. The van der Waals surface area contributed by atoms with Crippen LogP contribution in [0.25, 0.3) is 11.1 Å². The molecular formula is C19H16F3N3O4. The summed E-state index contributed by atoms with van der Waals surface area (Å²) in [6, 6.07) is 8.48. The third-order valence-corrected chi connectivity index (χ3v) is 4.71. The number of oxazole rings is 1. The van der Waals surface area contributed by atoms with E-state index in [1.54, 1.807) is 24.3 Å². The maximum Gasteiger partial charge on any atom is 0.420 e. The van der Waals surface area contributed by atoms with E-state index >= 15 is 0 Å². The van der Waals surface area contributed by atoms with Crippen molar-refractivity contribution >= 4 is 17.0 Å². The first-order chi connectivity index (χ1) is 13.8. The van der Waals surface area contributed by atoms with Gasteiger partial charge in [-0.3, -0.25) is 9.36 Å². The highest BCUT2D eigenvalue weighted by Crippen LogP contribution is 2.31. The van der Waals surface area contributed by atoms with Crippen LogP contribution < -0.4 is 10.5 Å². The van der Waals surface area contributed by atoms with Crippen LogP contribution in [0.2, 0.25) is 0 Å². The molecule has 0 aliphatic carbocycles. The quantitative estimate of drug-likeness (QED) is 0.665. The summed E-state index contributed by atoms with van der Waals surface area (Å²) in [5.74, 6) is -1.07. The largest absolute Gasteiger partial charge is 0.472 e. The number of para-hydroxylation sites is 2. The van der Waals surface area contributed by atoms with E-state index in [1.165, 1.54) is 9.47 Å². The number of fused-ring (bicyclic) bond motifs is 1. The minimum absolute atomic E-state index is 0.142. The third kappa shape index (κ3) is 3.96. The van der Waals surface area contributed by atoms with Gasteiger partial charge in [-0.25, -0.2) is 9.78 Å². The van der Waals surface area contributed by atoms with Crippen LogP contribution in [0.1, 0.15) is 12.0 Å². The second kappa shape index (κ2) is 7.26. The fourth-order valence-corrected chi connectivity index (χ4v) is 3.27. The van der Waals surface area contributed by atoms with Crippen molar-refractivity contribution in [3.05, 3.63) is 58.7 Å². The summed E-state index contributed by atoms with van der Waals surface area (Å²) < 4.78 is 50.3. The van der Waals surface area contributed by atoms with Crippen molar-refractivity contribution in [2.24, 2.45) is 0 Å². The number of ether oxygens (including phenoxy) is 1. The van der Waals surface area contributed by atoms with Crippen LogP contribution >= 0.6 is 0 Å². The second-order valence-electron chi connectivity index (χ2n) is 6.67. The van der Waals surface area contributed by atoms with E-state index in [9.17, 15) is 22.8 Å². The van der Waals surface area contributed by atoms with Gasteiger partial charge in [0.05, 0.1) is 17.6 Å². The molecule has 0 spiro atoms. The zero-order chi connectivity index (χ0) is 20.6. The van der Waals surface area contributed by atoms with Gasteiger partial charge in [0.25, 0.3) is 0 Å². The molecule has 29 heavy (non-hydrogen) atoms. The first-order valence-corrected chi connectivity index (χ1v) is 8.87. The molecule has 0 saturated carbocycles. The Morgan fingerprint density at radius 1 is 1.28 bits per heavy atom. The summed E-state index contributed by atoms with van der Waals surface area (Å²) >= 11 is 0. The number of hydrogen-bond acceptors (Lipinski definition) is 5. The Bertz CT molecular complexity index is 1110. The van der Waals surface area contributed by atoms with Crippen molar-refractivity contribution < 1.29 is 27.1 Å². The minimum Gasteiger partial charge on any atom is -0.472 e. The number of rotatable bonds is 4. The topological polar surface area (TPSA) is 77.6 Å². The number of carbonyl (C=O) groups excluding carboxylic acids is 1. The number of hydrogen-bond donors (Lipinski definition) is 0. The van der Waals surface area contributed by atoms with Gasteiger partial charge in [0.2, 0.25) is 11.8 Å². The zero-order valence-electron chi connectivity index (χ0n) is 15.1. The molecule has 0 N–H and O–H groups in total. The molecule has 1 fully saturated rings. The van der Waals surface area contributed by atoms with Crippen LogP contribution in [0.5, 0.6) is 5.88 Å². The fraction of sp³-hybridized carbons (Fsp3) is 0.316. The van der Waals surface area contributed by atoms with Crippen molar-refractivity contribution in [3.8, 4) is 5.88 Å². The lowest BCUT2D eigenvalue weighted by molar-refractivity contribution is -0.137. The Labute approximate surface area is 162 Å². The molecule has 0 unspecified atom stereocenters. The maximum atomic E-state index is 12.8. The molecule has 10 heteroatoms. The molecule has 1 amide bonds. The summed E-state index contributed by atoms with van der Waals surface area (Å²) in [6.07, 6.45) is -3.48. The smallest absolute Gasteiger partial charge is 0.420 e. The van der Waals surface area contributed by atoms with Crippen LogP contribution in [0.4, 0.5) is 13.2 Å². The molecule has 7 nitrogen and oxygen atoms in total. The highest BCUT2D eigenvalue weighted by atomic mass is 19.4. The fourth-order valence-electron chi connectivity index (χ4n) is 3.27. The average Bonchev–Trinajstić information content (AvgIpc) is 3.26. The van der Waals surface area contributed by atoms with E-state index in [-0.39, 0.29) is 24.9 Å². The molecule has 0 bridgehead atoms. The number of nitrogens with zero attached hydrogens (tertiary/aromatic N) is 3. The number of alkyl halides is 3. The van der Waals surface area contributed by atoms with Crippen molar-refractivity contribution in [3.63, 3.8) is 0 Å². The molecule has 3 aromatic rings. The predicted molar refractivity (Wildman–Crippen MR) is 95.3 cm³/mol. The molecule has 1 aliphatic heterocycles. The van der Waals surface area contributed by atoms with Gasteiger partial charge in [0, 0.05) is 25.2 Å². The Balaban J connectivity index is 1.41. The molecule has 4 rings (SSSR count). The Hall–Kier alpha value is -3.30. The van der Waals surface area contributed by atoms with Crippen molar-refractivity contribution in [1.29, 1.82) is 0 Å². The lowest BCUT2D eigenvalue weighted by Gasteiger charge is -2.17. The molecule has 152 valence electrons. The monoisotopic (exact) mass is 407 g/mol. The number of amides is 1. The van der Waals surface area contributed by atoms with E-state index in [0.29, 0.717) is 24.1 Å². The van der Waals surface area contributed by atoms with Crippen LogP contribution in [0, 0.1) is 0 Å². The van der Waals surface area contributed by atoms with Crippen LogP contribution in [-0.4, -0.2) is 39.6 Å². The first-order valence-electron chi connectivity index (χ1n) is 8.87. The van der Waals surface area contributed by atoms with Gasteiger partial charge >= 0.3 is 11.9 Å². The molecule has 3 heterocycles. The number of halogens is 3. The highest BCUT2D eigenvalue weighted by molar-refractivity contribution is 5.79. The Morgan fingerprint density at radius 3 is 2.86 bits per heavy atom. The molecule has 2 aromatic heterocycles. The number of aromatic nitrogens is 2. The Kier molecular flexibility index (Phi) is 4.77. The lowest BCUT2D eigenvalue weighted by atomic mass is 10.2. The van der Waals surface area contributed by atoms with E-state index in [4.69, 9.17) is 9.15 Å². The number of benzene rings is 1. The van der Waals surface area contributed by atoms with Crippen LogP contribution in [0.15, 0.2) is 51.8 Å². The van der Waals surface area contributed by atoms with Crippen molar-refractivity contribution in [1.82, 2.24) is 14.5 Å². The maximum absolute atomic E-state index is 12.8. The number of likely N-dealkylation sites (tertiary alicyclic amines) is 1. The van der Waals surface area contributed by atoms with Gasteiger partial charge in [0.1, 0.15) is 12.6 Å². The van der Waals surface area contributed by atoms with E-state index in [1.807, 2.05) is 0 Å². The van der Waals surface area contributed by atoms with Gasteiger partial charge in [-0.2, -0.15) is 13.2 Å². The third-order valence-electron chi connectivity index (χ3n) is 4.71. The highest BCUT2D eigenvalue weighted by Gasteiger charge is 2.32.